The van der Waals surface area contributed by atoms with Gasteiger partial charge in [-0.15, -0.1) is 34.9 Å². The van der Waals surface area contributed by atoms with E-state index < -0.39 is 0 Å². The van der Waals surface area contributed by atoms with Gasteiger partial charge >= 0.3 is 0 Å². The Morgan fingerprint density at radius 2 is 1.53 bits per heavy atom. The van der Waals surface area contributed by atoms with Crippen LogP contribution in [0.1, 0.15) is 148 Å². The minimum atomic E-state index is -0.337. The van der Waals surface area contributed by atoms with Gasteiger partial charge in [0.2, 0.25) is 0 Å². The number of hydrogen-bond acceptors (Lipinski definition) is 4. The molecule has 4 aromatic rings. The summed E-state index contributed by atoms with van der Waals surface area (Å²) in [5.41, 5.74) is 8.39. The zero-order valence-electron chi connectivity index (χ0n) is 31.9. The number of ketones is 1. The Bertz CT molecular complexity index is 1790. The second kappa shape index (κ2) is 16.9. The maximum absolute atomic E-state index is 12.2. The molecule has 1 aliphatic carbocycles. The summed E-state index contributed by atoms with van der Waals surface area (Å²) in [7, 11) is 0. The number of aromatic nitrogens is 2. The van der Waals surface area contributed by atoms with E-state index in [1.165, 1.54) is 57.5 Å². The van der Waals surface area contributed by atoms with Crippen LogP contribution in [0, 0.1) is 23.8 Å². The molecular formula is C44H59IrN2O2-. The molecule has 3 aromatic carbocycles. The van der Waals surface area contributed by atoms with Crippen molar-refractivity contribution in [3.8, 4) is 11.3 Å². The molecule has 1 radical (unpaired) electrons. The zero-order chi connectivity index (χ0) is 35.4. The van der Waals surface area contributed by atoms with Gasteiger partial charge in [0.15, 0.2) is 5.78 Å². The minimum Gasteiger partial charge on any atom is -0.512 e. The third kappa shape index (κ3) is 8.54. The quantitative estimate of drug-likeness (QED) is 0.0748. The standard InChI is InChI=1S/C29H31N2.C15H28O2.Ir/c1-17(2)22-15-21-13-14-25-28(24-12-8-10-20-9-6-7-11-23(20)24)30-19(5)31-29(25)27(21)26(16-22)18(3)4;1-7-14(5,8-2)12(16)11-13(17)15(6,9-3)10-4;/h8,10,13-18H,6-7,9,11H2,1-5H3;11,16H,7-10H2,1-6H3;/q-1;;/b;12-11-;. The smallest absolute Gasteiger partial charge is 0.164 e. The Hall–Kier alpha value is -2.88. The Balaban J connectivity index is 0.000000312. The summed E-state index contributed by atoms with van der Waals surface area (Å²) >= 11 is 0. The van der Waals surface area contributed by atoms with E-state index in [4.69, 9.17) is 9.97 Å². The van der Waals surface area contributed by atoms with Crippen molar-refractivity contribution < 1.29 is 30.0 Å². The minimum absolute atomic E-state index is 0. The molecule has 0 unspecified atom stereocenters. The van der Waals surface area contributed by atoms with Crippen LogP contribution in [0.5, 0.6) is 0 Å². The molecule has 0 saturated heterocycles. The van der Waals surface area contributed by atoms with E-state index in [0.717, 1.165) is 60.9 Å². The Labute approximate surface area is 310 Å². The number of benzene rings is 3. The summed E-state index contributed by atoms with van der Waals surface area (Å²) in [6, 6.07) is 17.1. The third-order valence-electron chi connectivity index (χ3n) is 11.4. The van der Waals surface area contributed by atoms with Crippen molar-refractivity contribution in [1.82, 2.24) is 9.97 Å². The number of aliphatic hydroxyl groups is 1. The van der Waals surface area contributed by atoms with Crippen LogP contribution in [0.3, 0.4) is 0 Å². The van der Waals surface area contributed by atoms with E-state index in [1.54, 1.807) is 0 Å². The molecule has 0 aliphatic heterocycles. The van der Waals surface area contributed by atoms with E-state index >= 15 is 0 Å². The first-order valence-electron chi connectivity index (χ1n) is 18.5. The van der Waals surface area contributed by atoms with Crippen molar-refractivity contribution in [2.75, 3.05) is 0 Å². The van der Waals surface area contributed by atoms with E-state index in [2.05, 4.69) is 70.2 Å². The van der Waals surface area contributed by atoms with Crippen LogP contribution in [0.4, 0.5) is 0 Å². The number of hydrogen-bond donors (Lipinski definition) is 1. The van der Waals surface area contributed by atoms with Crippen LogP contribution >= 0.6 is 0 Å². The van der Waals surface area contributed by atoms with Crippen molar-refractivity contribution in [2.24, 2.45) is 10.8 Å². The largest absolute Gasteiger partial charge is 0.512 e. The maximum Gasteiger partial charge on any atom is 0.164 e. The van der Waals surface area contributed by atoms with Crippen molar-refractivity contribution in [3.63, 3.8) is 0 Å². The van der Waals surface area contributed by atoms with Gasteiger partial charge in [0.25, 0.3) is 0 Å². The molecule has 0 bridgehead atoms. The number of fused-ring (bicyclic) bond motifs is 4. The number of allylic oxidation sites excluding steroid dienone is 2. The van der Waals surface area contributed by atoms with Gasteiger partial charge in [-0.05, 0) is 78.5 Å². The fraction of sp³-hybridized carbons (Fsp3) is 0.523. The van der Waals surface area contributed by atoms with Crippen molar-refractivity contribution >= 4 is 27.5 Å². The molecule has 49 heavy (non-hydrogen) atoms. The third-order valence-corrected chi connectivity index (χ3v) is 11.4. The number of nitrogens with zero attached hydrogens (tertiary/aromatic N) is 2. The van der Waals surface area contributed by atoms with Gasteiger partial charge in [0, 0.05) is 42.4 Å². The summed E-state index contributed by atoms with van der Waals surface area (Å²) < 4.78 is 0. The molecule has 0 amide bonds. The van der Waals surface area contributed by atoms with Gasteiger partial charge in [-0.25, -0.2) is 4.98 Å². The first-order chi connectivity index (χ1) is 22.7. The second-order valence-electron chi connectivity index (χ2n) is 15.1. The zero-order valence-corrected chi connectivity index (χ0v) is 34.3. The number of aryl methyl sites for hydroxylation is 2. The SMILES string of the molecule is CCC(C)(CC)C(=O)/C=C(\O)C(C)(CC)CC.Cc1nc(-c2[c-]ccc3c2CCCC3)c2ccc3cc(C(C)C)cc(C(C)C)c3c2n1.[Ir]. The molecule has 5 rings (SSSR count). The predicted molar refractivity (Wildman–Crippen MR) is 204 cm³/mol. The molecule has 1 heterocycles. The van der Waals surface area contributed by atoms with Gasteiger partial charge in [0.1, 0.15) is 11.6 Å². The maximum atomic E-state index is 12.2. The van der Waals surface area contributed by atoms with Crippen LogP contribution in [-0.4, -0.2) is 20.9 Å². The van der Waals surface area contributed by atoms with Crippen molar-refractivity contribution in [3.05, 3.63) is 82.4 Å². The van der Waals surface area contributed by atoms with Crippen LogP contribution in [-0.2, 0) is 37.7 Å². The Morgan fingerprint density at radius 1 is 0.898 bits per heavy atom. The fourth-order valence-corrected chi connectivity index (χ4v) is 6.80. The molecule has 1 aromatic heterocycles. The van der Waals surface area contributed by atoms with Crippen LogP contribution < -0.4 is 0 Å². The first-order valence-corrected chi connectivity index (χ1v) is 18.5. The normalized spacial score (nSPS) is 13.7. The first kappa shape index (κ1) is 40.5. The summed E-state index contributed by atoms with van der Waals surface area (Å²) in [4.78, 5) is 22.1. The van der Waals surface area contributed by atoms with E-state index in [9.17, 15) is 9.90 Å². The van der Waals surface area contributed by atoms with Crippen LogP contribution in [0.25, 0.3) is 32.9 Å². The number of aliphatic hydroxyl groups excluding tert-OH is 1. The van der Waals surface area contributed by atoms with Crippen molar-refractivity contribution in [2.45, 2.75) is 139 Å². The van der Waals surface area contributed by atoms with Crippen LogP contribution in [0.15, 0.2) is 48.2 Å². The topological polar surface area (TPSA) is 63.1 Å². The molecule has 0 fully saturated rings. The van der Waals surface area contributed by atoms with Gasteiger partial charge in [-0.2, -0.15) is 0 Å². The molecule has 1 N–H and O–H groups in total. The van der Waals surface area contributed by atoms with Crippen LogP contribution in [0.2, 0.25) is 0 Å². The fourth-order valence-electron chi connectivity index (χ4n) is 6.80. The molecule has 0 spiro atoms. The number of rotatable bonds is 10. The molecular weight excluding hydrogens is 781 g/mol. The van der Waals surface area contributed by atoms with Gasteiger partial charge in [-0.1, -0.05) is 113 Å². The monoisotopic (exact) mass is 840 g/mol. The second-order valence-corrected chi connectivity index (χ2v) is 15.1. The van der Waals surface area contributed by atoms with Crippen molar-refractivity contribution in [1.29, 1.82) is 0 Å². The van der Waals surface area contributed by atoms with E-state index in [-0.39, 0.29) is 42.5 Å². The van der Waals surface area contributed by atoms with Gasteiger partial charge in [0.05, 0.1) is 5.52 Å². The molecule has 5 heteroatoms. The van der Waals surface area contributed by atoms with E-state index in [1.807, 2.05) is 48.5 Å². The molecule has 1 aliphatic rings. The molecule has 0 atom stereocenters. The molecule has 0 saturated carbocycles. The number of carbonyl (C=O) groups excluding carboxylic acids is 1. The average molecular weight is 840 g/mol. The summed E-state index contributed by atoms with van der Waals surface area (Å²) in [6.45, 7) is 23.2. The summed E-state index contributed by atoms with van der Waals surface area (Å²) in [5, 5.41) is 13.8. The number of carbonyl (C=O) groups is 1. The summed E-state index contributed by atoms with van der Waals surface area (Å²) in [6.07, 6.45) is 9.57. The van der Waals surface area contributed by atoms with Gasteiger partial charge < -0.3 is 5.11 Å². The summed E-state index contributed by atoms with van der Waals surface area (Å²) in [5.74, 6) is 2.06. The predicted octanol–water partition coefficient (Wildman–Crippen LogP) is 12.3. The Kier molecular flexibility index (Phi) is 14.0. The Morgan fingerprint density at radius 3 is 2.12 bits per heavy atom. The average Bonchev–Trinajstić information content (AvgIpc) is 3.09. The molecule has 4 nitrogen and oxygen atoms in total. The van der Waals surface area contributed by atoms with Gasteiger partial charge in [-0.3, -0.25) is 9.78 Å². The van der Waals surface area contributed by atoms with E-state index in [0.29, 0.717) is 11.8 Å². The molecule has 267 valence electrons.